The molecule has 4 aliphatic heterocycles. The van der Waals surface area contributed by atoms with Crippen LogP contribution in [0.25, 0.3) is 16.7 Å². The first kappa shape index (κ1) is 70.2. The maximum absolute atomic E-state index is 15.0. The normalized spacial score (nSPS) is 17.3. The minimum Gasteiger partial charge on any atom is -0.490 e. The van der Waals surface area contributed by atoms with E-state index in [1.165, 1.54) is 14.7 Å². The first-order valence-corrected chi connectivity index (χ1v) is 41.0. The van der Waals surface area contributed by atoms with Crippen LogP contribution in [0.5, 0.6) is 23.0 Å². The molecule has 0 unspecified atom stereocenters. The summed E-state index contributed by atoms with van der Waals surface area (Å²) in [7, 11) is -2.98. The Morgan fingerprint density at radius 3 is 1.57 bits per heavy atom. The zero-order valence-corrected chi connectivity index (χ0v) is 59.5. The average molecular weight is 1350 g/mol. The summed E-state index contributed by atoms with van der Waals surface area (Å²) >= 11 is 0. The third kappa shape index (κ3) is 16.1. The summed E-state index contributed by atoms with van der Waals surface area (Å²) in [4.78, 5) is 105. The Hall–Kier alpha value is -8.58. The molecule has 510 valence electrons. The number of fused-ring (bicyclic) bond motifs is 7. The summed E-state index contributed by atoms with van der Waals surface area (Å²) in [5.41, 5.74) is 8.70. The van der Waals surface area contributed by atoms with Crippen LogP contribution < -0.4 is 39.4 Å². The summed E-state index contributed by atoms with van der Waals surface area (Å²) in [6.07, 6.45) is 3.73. The van der Waals surface area contributed by atoms with Crippen LogP contribution in [0.15, 0.2) is 115 Å². The number of nitrogens with one attached hydrogen (secondary N) is 2. The van der Waals surface area contributed by atoms with Crippen LogP contribution in [-0.4, -0.2) is 151 Å². The van der Waals surface area contributed by atoms with Crippen LogP contribution in [0.3, 0.4) is 0 Å². The van der Waals surface area contributed by atoms with Crippen LogP contribution >= 0.6 is 0 Å². The van der Waals surface area contributed by atoms with Crippen LogP contribution in [-0.2, 0) is 39.8 Å². The van der Waals surface area contributed by atoms with Crippen molar-refractivity contribution in [3.05, 3.63) is 148 Å². The number of Topliss-reactive ketones (excluding diaryl/α,β-unsaturated/α-hetero) is 1. The molecule has 0 aromatic heterocycles. The highest BCUT2D eigenvalue weighted by atomic mass is 28.3. The molecule has 0 radical (unpaired) electrons. The number of hydrogen-bond donors (Lipinski definition) is 2. The largest absolute Gasteiger partial charge is 0.490 e. The molecular weight excluding hydrogens is 1250 g/mol. The topological polar surface area (TPSA) is 221 Å². The van der Waals surface area contributed by atoms with Gasteiger partial charge in [0, 0.05) is 79.1 Å². The lowest BCUT2D eigenvalue weighted by Crippen LogP contribution is -2.53. The minimum absolute atomic E-state index is 0.00856. The summed E-state index contributed by atoms with van der Waals surface area (Å²) in [6, 6.07) is 28.4. The highest BCUT2D eigenvalue weighted by molar-refractivity contribution is 6.76. The summed E-state index contributed by atoms with van der Waals surface area (Å²) in [5, 5.41) is 5.55. The van der Waals surface area contributed by atoms with E-state index in [9.17, 15) is 28.8 Å². The third-order valence-corrected chi connectivity index (χ3v) is 21.3. The van der Waals surface area contributed by atoms with Crippen LogP contribution in [0.4, 0.5) is 16.2 Å². The van der Waals surface area contributed by atoms with E-state index in [1.807, 2.05) is 95.3 Å². The van der Waals surface area contributed by atoms with Gasteiger partial charge in [-0.2, -0.15) is 0 Å². The van der Waals surface area contributed by atoms with Gasteiger partial charge >= 0.3 is 6.09 Å². The molecular formula is C74H92N6O14Si2. The second-order valence-corrected chi connectivity index (χ2v) is 39.3. The number of anilines is 2. The molecule has 0 bridgehead atoms. The first-order valence-electron chi connectivity index (χ1n) is 33.6. The fourth-order valence-corrected chi connectivity index (χ4v) is 14.1. The molecule has 20 nitrogen and oxygen atoms in total. The number of carbonyl (C=O) groups is 7. The minimum atomic E-state index is -1.53. The lowest BCUT2D eigenvalue weighted by atomic mass is 9.98. The van der Waals surface area contributed by atoms with Crippen molar-refractivity contribution in [3.8, 4) is 34.1 Å². The Kier molecular flexibility index (Phi) is 22.1. The van der Waals surface area contributed by atoms with Gasteiger partial charge in [-0.3, -0.25) is 38.6 Å². The van der Waals surface area contributed by atoms with Crippen molar-refractivity contribution >= 4 is 74.5 Å². The quantitative estimate of drug-likeness (QED) is 0.0323. The van der Waals surface area contributed by atoms with E-state index < -0.39 is 58.2 Å². The van der Waals surface area contributed by atoms with Gasteiger partial charge in [-0.05, 0) is 103 Å². The van der Waals surface area contributed by atoms with Crippen molar-refractivity contribution in [2.75, 3.05) is 69.5 Å². The molecule has 1 aliphatic carbocycles. The number of carbonyl (C=O) groups excluding carboxylic acids is 7. The predicted molar refractivity (Wildman–Crippen MR) is 374 cm³/mol. The number of amides is 6. The molecule has 4 atom stereocenters. The highest BCUT2D eigenvalue weighted by Gasteiger charge is 2.45. The van der Waals surface area contributed by atoms with E-state index >= 15 is 4.79 Å². The van der Waals surface area contributed by atoms with Crippen LogP contribution in [0.1, 0.15) is 110 Å². The lowest BCUT2D eigenvalue weighted by Gasteiger charge is -2.27. The zero-order chi connectivity index (χ0) is 68.8. The first-order chi connectivity index (χ1) is 45.8. The number of benzene rings is 5. The smallest absolute Gasteiger partial charge is 0.407 e. The van der Waals surface area contributed by atoms with Crippen molar-refractivity contribution in [2.24, 2.45) is 5.92 Å². The maximum atomic E-state index is 15.0. The van der Waals surface area contributed by atoms with Crippen molar-refractivity contribution < 1.29 is 66.7 Å². The van der Waals surface area contributed by atoms with Crippen molar-refractivity contribution in [3.63, 3.8) is 0 Å². The lowest BCUT2D eigenvalue weighted by molar-refractivity contribution is -0.129. The molecule has 5 aliphatic rings. The summed E-state index contributed by atoms with van der Waals surface area (Å²) in [5.74, 6) is -1.21. The number of ether oxygens (including phenoxy) is 7. The van der Waals surface area contributed by atoms with Gasteiger partial charge in [-0.25, -0.2) is 4.79 Å². The molecule has 10 rings (SSSR count). The van der Waals surface area contributed by atoms with Crippen molar-refractivity contribution in [1.82, 2.24) is 20.4 Å². The van der Waals surface area contributed by atoms with Gasteiger partial charge < -0.3 is 53.6 Å². The molecule has 0 saturated heterocycles. The Labute approximate surface area is 565 Å². The van der Waals surface area contributed by atoms with Gasteiger partial charge in [-0.15, -0.1) is 0 Å². The van der Waals surface area contributed by atoms with Crippen molar-refractivity contribution in [1.29, 1.82) is 0 Å². The van der Waals surface area contributed by atoms with E-state index in [2.05, 4.69) is 62.0 Å². The number of hydrogen-bond acceptors (Lipinski definition) is 14. The Balaban J connectivity index is 0.796. The van der Waals surface area contributed by atoms with Crippen LogP contribution in [0, 0.1) is 5.92 Å². The highest BCUT2D eigenvalue weighted by Crippen LogP contribution is 2.46. The van der Waals surface area contributed by atoms with Gasteiger partial charge in [0.15, 0.2) is 28.8 Å². The average Bonchev–Trinajstić information content (AvgIpc) is 1.49. The molecule has 4 heterocycles. The Bertz CT molecular complexity index is 3770. The monoisotopic (exact) mass is 1340 g/mol. The summed E-state index contributed by atoms with van der Waals surface area (Å²) in [6.45, 7) is 26.0. The second-order valence-electron chi connectivity index (χ2n) is 28.0. The predicted octanol–water partition coefficient (Wildman–Crippen LogP) is 12.2. The van der Waals surface area contributed by atoms with Crippen molar-refractivity contribution in [2.45, 2.75) is 149 Å². The fraction of sp³-hybridized carbons (Fsp3) is 0.446. The molecule has 2 N–H and O–H groups in total. The number of alkyl carbamates (subject to hydrolysis) is 1. The Morgan fingerprint density at radius 1 is 0.583 bits per heavy atom. The van der Waals surface area contributed by atoms with Gasteiger partial charge in [0.1, 0.15) is 38.2 Å². The fourth-order valence-electron chi connectivity index (χ4n) is 12.6. The number of nitrogens with zero attached hydrogens (tertiary/aromatic N) is 4. The molecule has 96 heavy (non-hydrogen) atoms. The van der Waals surface area contributed by atoms with E-state index in [0.29, 0.717) is 78.2 Å². The van der Waals surface area contributed by atoms with Gasteiger partial charge in [-0.1, -0.05) is 131 Å². The molecule has 5 aromatic carbocycles. The number of ketones is 1. The zero-order valence-electron chi connectivity index (χ0n) is 57.5. The standard InChI is InChI=1S/C74H92N6O14Si2/c1-13-90-64-37-56-59(79(44-88-30-32-95(7,8)9)72(85)61-34-47(5)41-77(61)70(56)83)39-66(64)92-28-19-29-93-67-40-60-57(38-65(67)91-14-2)71(84)78-42-51(36-62(78)73(86)80(60)45-89-31-33-96(10,11)12)50-26-24-49(25-27-50)35-63(81)48(6)75-69(82)68(46(3)4)76-74(87)94-43-58-54-22-17-15-20-52(54)53-21-16-18-23-55(53)58/h15-18,20-27,37-42,46,48,58,61-62,68H,13-14,19,28-36,43-45H2,1-12H3,(H,75,82)(H,76,87)/t48-,61-,62-,68-/m0/s1. The maximum Gasteiger partial charge on any atom is 0.407 e. The van der Waals surface area contributed by atoms with Gasteiger partial charge in [0.05, 0.1) is 55.0 Å². The second kappa shape index (κ2) is 30.2. The van der Waals surface area contributed by atoms with E-state index in [1.54, 1.807) is 48.5 Å². The molecule has 22 heteroatoms. The SMILES string of the molecule is CCOc1cc2c(cc1OCCCOc1cc3c(cc1OCC)C(=O)N1C=C(c4ccc(CC(=O)[C@H](C)NC(=O)[C@@H](NC(=O)OCC5c6ccccc6-c6ccccc65)C(C)C)cc4)C[C@H]1C(=O)N3COCC[Si](C)(C)C)N(COCC[Si](C)(C)C)C(=O)[C@@H]1CC(C)=CN1C2=O. The molecule has 0 spiro atoms. The third-order valence-electron chi connectivity index (χ3n) is 17.9. The van der Waals surface area contributed by atoms with Crippen LogP contribution in [0.2, 0.25) is 51.4 Å². The van der Waals surface area contributed by atoms with E-state index in [0.717, 1.165) is 51.1 Å². The molecule has 0 fully saturated rings. The molecule has 0 saturated carbocycles. The number of rotatable bonds is 30. The van der Waals surface area contributed by atoms with E-state index in [-0.39, 0.29) is 93.6 Å². The van der Waals surface area contributed by atoms with Gasteiger partial charge in [0.25, 0.3) is 23.6 Å². The Morgan fingerprint density at radius 2 is 1.07 bits per heavy atom. The molecule has 5 aromatic rings. The summed E-state index contributed by atoms with van der Waals surface area (Å²) < 4.78 is 43.3. The van der Waals surface area contributed by atoms with Gasteiger partial charge in [0.2, 0.25) is 5.91 Å². The molecule has 6 amide bonds. The van der Waals surface area contributed by atoms with E-state index in [4.69, 9.17) is 33.2 Å².